The minimum absolute atomic E-state index is 0.115. The Bertz CT molecular complexity index is 1170. The smallest absolute Gasteiger partial charge is 0.404 e. The van der Waals surface area contributed by atoms with E-state index in [2.05, 4.69) is 4.98 Å². The van der Waals surface area contributed by atoms with Gasteiger partial charge in [-0.2, -0.15) is 0 Å². The number of nitrogens with one attached hydrogen (secondary N) is 1. The van der Waals surface area contributed by atoms with Crippen molar-refractivity contribution in [3.63, 3.8) is 0 Å². The Hall–Kier alpha value is -1.85. The molecule has 0 amide bonds. The fraction of sp³-hybridized carbons (Fsp3) is 0.412. The topological polar surface area (TPSA) is 132 Å². The van der Waals surface area contributed by atoms with E-state index < -0.39 is 44.0 Å². The number of aliphatic hydroxyl groups excluding tert-OH is 1. The molecule has 1 aromatic carbocycles. The van der Waals surface area contributed by atoms with Crippen molar-refractivity contribution in [2.24, 2.45) is 0 Å². The van der Waals surface area contributed by atoms with Gasteiger partial charge in [0.1, 0.15) is 23.6 Å². The number of nitrogens with zero attached hydrogens (tertiary/aromatic N) is 1. The third-order valence-corrected chi connectivity index (χ3v) is 6.11. The second-order valence-electron chi connectivity index (χ2n) is 6.73. The molecule has 29 heavy (non-hydrogen) atoms. The molecule has 0 radical (unpaired) electrons. The molecule has 3 heterocycles. The summed E-state index contributed by atoms with van der Waals surface area (Å²) in [6, 6.07) is 7.72. The molecule has 0 spiro atoms. The van der Waals surface area contributed by atoms with Crippen molar-refractivity contribution in [1.29, 1.82) is 0 Å². The molecule has 12 heteroatoms. The van der Waals surface area contributed by atoms with Crippen molar-refractivity contribution < 1.29 is 35.8 Å². The molecule has 3 N–H and O–H groups in total. The maximum absolute atomic E-state index is 12.9. The number of ether oxygens (including phenoxy) is 1. The third kappa shape index (κ3) is 3.82. The zero-order chi connectivity index (χ0) is 22.6. The number of H-pyrrole nitrogens is 1. The van der Waals surface area contributed by atoms with Crippen LogP contribution in [-0.4, -0.2) is 44.1 Å². The lowest BCUT2D eigenvalue weighted by molar-refractivity contribution is -0.0978. The average molecular weight is 444 g/mol. The first-order valence-electron chi connectivity index (χ1n) is 9.53. The lowest BCUT2D eigenvalue weighted by atomic mass is 9.96. The summed E-state index contributed by atoms with van der Waals surface area (Å²) in [5.74, 6) is 0.213. The number of phosphoric ester groups is 1. The Morgan fingerprint density at radius 1 is 1.48 bits per heavy atom. The summed E-state index contributed by atoms with van der Waals surface area (Å²) in [6.07, 6.45) is -3.79. The van der Waals surface area contributed by atoms with Crippen LogP contribution in [0.15, 0.2) is 41.3 Å². The normalized spacial score (nSPS) is 35.3. The average Bonchev–Trinajstić information content (AvgIpc) is 2.91. The number of hydrogen-bond donors (Lipinski definition) is 3. The SMILES string of the molecule is [2H]C([2H])(OP1(=O)OCc2ccccc2O1)[C@H]1O[C@@H](n2ccc(=O)[nH]c2=S)C(C)(O)[C@H]1O. The van der Waals surface area contributed by atoms with E-state index >= 15 is 0 Å². The molecule has 2 aliphatic rings. The Morgan fingerprint density at radius 3 is 3.00 bits per heavy atom. The first kappa shape index (κ1) is 18.0. The maximum Gasteiger partial charge on any atom is 0.530 e. The van der Waals surface area contributed by atoms with Crippen LogP contribution in [0.3, 0.4) is 0 Å². The number of aliphatic hydroxyl groups is 2. The number of fused-ring (bicyclic) bond motifs is 1. The lowest BCUT2D eigenvalue weighted by Gasteiger charge is -2.28. The van der Waals surface area contributed by atoms with Gasteiger partial charge in [0.2, 0.25) is 0 Å². The Morgan fingerprint density at radius 2 is 2.24 bits per heavy atom. The van der Waals surface area contributed by atoms with Gasteiger partial charge in [0, 0.05) is 17.8 Å². The van der Waals surface area contributed by atoms with Gasteiger partial charge < -0.3 is 19.5 Å². The maximum atomic E-state index is 12.9. The van der Waals surface area contributed by atoms with Gasteiger partial charge in [-0.3, -0.25) is 23.4 Å². The van der Waals surface area contributed by atoms with Gasteiger partial charge >= 0.3 is 7.82 Å². The molecule has 10 nitrogen and oxygen atoms in total. The van der Waals surface area contributed by atoms with Crippen LogP contribution >= 0.6 is 20.0 Å². The van der Waals surface area contributed by atoms with E-state index in [9.17, 15) is 19.6 Å². The van der Waals surface area contributed by atoms with Crippen LogP contribution in [0.25, 0.3) is 0 Å². The summed E-state index contributed by atoms with van der Waals surface area (Å²) >= 11 is 5.06. The largest absolute Gasteiger partial charge is 0.530 e. The number of aromatic amines is 1. The van der Waals surface area contributed by atoms with Crippen molar-refractivity contribution in [3.05, 3.63) is 57.2 Å². The van der Waals surface area contributed by atoms with Crippen molar-refractivity contribution >= 4 is 20.0 Å². The van der Waals surface area contributed by atoms with Crippen LogP contribution in [0, 0.1) is 4.77 Å². The number of phosphoric acid groups is 1. The fourth-order valence-corrected chi connectivity index (χ4v) is 4.37. The third-order valence-electron chi connectivity index (χ3n) is 4.61. The van der Waals surface area contributed by atoms with Crippen molar-refractivity contribution in [2.45, 2.75) is 37.6 Å². The second kappa shape index (κ2) is 7.44. The van der Waals surface area contributed by atoms with E-state index in [4.69, 9.17) is 33.3 Å². The summed E-state index contributed by atoms with van der Waals surface area (Å²) in [4.78, 5) is 13.8. The molecule has 0 bridgehead atoms. The summed E-state index contributed by atoms with van der Waals surface area (Å²) in [7, 11) is -4.42. The highest BCUT2D eigenvalue weighted by atomic mass is 32.1. The zero-order valence-electron chi connectivity index (χ0n) is 17.0. The number of rotatable bonds is 4. The number of benzene rings is 1. The molecule has 0 saturated carbocycles. The van der Waals surface area contributed by atoms with Crippen molar-refractivity contribution in [1.82, 2.24) is 9.55 Å². The number of aromatic nitrogens is 2. The summed E-state index contributed by atoms with van der Waals surface area (Å²) in [5, 5.41) is 21.4. The number of para-hydroxylation sites is 1. The minimum Gasteiger partial charge on any atom is -0.404 e. The highest BCUT2D eigenvalue weighted by molar-refractivity contribution is 7.71. The van der Waals surface area contributed by atoms with Gasteiger partial charge in [-0.25, -0.2) is 4.57 Å². The van der Waals surface area contributed by atoms with Crippen LogP contribution in [-0.2, 0) is 25.0 Å². The summed E-state index contributed by atoms with van der Waals surface area (Å²) in [6.45, 7) is -1.84. The Labute approximate surface area is 173 Å². The highest BCUT2D eigenvalue weighted by Crippen LogP contribution is 2.55. The number of hydrogen-bond acceptors (Lipinski definition) is 9. The molecule has 4 rings (SSSR count). The predicted octanol–water partition coefficient (Wildman–Crippen LogP) is 1.65. The van der Waals surface area contributed by atoms with Crippen LogP contribution in [0.1, 0.15) is 21.5 Å². The van der Waals surface area contributed by atoms with Crippen LogP contribution in [0.5, 0.6) is 5.75 Å². The van der Waals surface area contributed by atoms with Crippen LogP contribution < -0.4 is 10.1 Å². The summed E-state index contributed by atoms with van der Waals surface area (Å²) in [5.41, 5.74) is -1.93. The van der Waals surface area contributed by atoms with E-state index in [0.717, 1.165) is 10.6 Å². The van der Waals surface area contributed by atoms with E-state index in [1.807, 2.05) is 0 Å². The highest BCUT2D eigenvalue weighted by Gasteiger charge is 2.54. The van der Waals surface area contributed by atoms with Gasteiger partial charge in [0.05, 0.1) is 15.9 Å². The fourth-order valence-electron chi connectivity index (χ4n) is 3.02. The van der Waals surface area contributed by atoms with Crippen molar-refractivity contribution in [2.75, 3.05) is 6.56 Å². The van der Waals surface area contributed by atoms with E-state index in [1.54, 1.807) is 18.2 Å². The van der Waals surface area contributed by atoms with E-state index in [-0.39, 0.29) is 17.1 Å². The van der Waals surface area contributed by atoms with Gasteiger partial charge in [0.25, 0.3) is 5.56 Å². The molecule has 156 valence electrons. The van der Waals surface area contributed by atoms with Crippen LogP contribution in [0.4, 0.5) is 0 Å². The Balaban J connectivity index is 1.60. The summed E-state index contributed by atoms with van der Waals surface area (Å²) < 4.78 is 51.4. The zero-order valence-corrected chi connectivity index (χ0v) is 16.8. The van der Waals surface area contributed by atoms with Crippen molar-refractivity contribution in [3.8, 4) is 5.75 Å². The molecular formula is C17H19N2O8PS. The monoisotopic (exact) mass is 444 g/mol. The molecule has 2 aromatic rings. The molecule has 1 fully saturated rings. The molecule has 2 aliphatic heterocycles. The molecule has 2 unspecified atom stereocenters. The van der Waals surface area contributed by atoms with Gasteiger partial charge in [0.15, 0.2) is 11.0 Å². The van der Waals surface area contributed by atoms with Crippen LogP contribution in [0.2, 0.25) is 0 Å². The Kier molecular flexibility index (Phi) is 4.61. The molecule has 1 saturated heterocycles. The first-order chi connectivity index (χ1) is 14.4. The lowest BCUT2D eigenvalue weighted by Crippen LogP contribution is -2.44. The van der Waals surface area contributed by atoms with E-state index in [0.29, 0.717) is 5.56 Å². The molecule has 5 atom stereocenters. The predicted molar refractivity (Wildman–Crippen MR) is 102 cm³/mol. The first-order valence-corrected chi connectivity index (χ1v) is 10.4. The quantitative estimate of drug-likeness (QED) is 0.476. The standard InChI is InChI=1S/C17H19N2O8PS/c1-17(22)14(21)12(26-15(17)19-7-6-13(20)18-16(19)29)9-25-28(23)24-8-10-4-2-3-5-11(10)27-28/h2-7,12,14-15,21-22H,8-9H2,1H3,(H,18,20,29)/t12-,14+,15-,17?,28?/m1/s1/i9D2. The van der Waals surface area contributed by atoms with E-state index in [1.165, 1.54) is 19.2 Å². The molecular weight excluding hydrogens is 423 g/mol. The van der Waals surface area contributed by atoms with Gasteiger partial charge in [-0.15, -0.1) is 0 Å². The molecule has 0 aliphatic carbocycles. The minimum atomic E-state index is -4.42. The van der Waals surface area contributed by atoms with Gasteiger partial charge in [-0.1, -0.05) is 18.2 Å². The van der Waals surface area contributed by atoms with Gasteiger partial charge in [-0.05, 0) is 25.2 Å². The molecule has 1 aromatic heterocycles. The second-order valence-corrected chi connectivity index (χ2v) is 8.63.